The van der Waals surface area contributed by atoms with Crippen LogP contribution < -0.4 is 5.32 Å². The van der Waals surface area contributed by atoms with Gasteiger partial charge in [-0.1, -0.05) is 6.92 Å². The Kier molecular flexibility index (Phi) is 3.31. The van der Waals surface area contributed by atoms with Crippen LogP contribution in [0.2, 0.25) is 0 Å². The highest BCUT2D eigenvalue weighted by molar-refractivity contribution is 7.11. The van der Waals surface area contributed by atoms with Crippen LogP contribution in [0.3, 0.4) is 0 Å². The van der Waals surface area contributed by atoms with Crippen LogP contribution >= 0.6 is 11.3 Å². The van der Waals surface area contributed by atoms with E-state index in [-0.39, 0.29) is 24.4 Å². The number of carbonyl (C=O) groups excluding carboxylic acids is 2. The van der Waals surface area contributed by atoms with E-state index in [1.54, 1.807) is 16.2 Å². The van der Waals surface area contributed by atoms with Crippen molar-refractivity contribution in [2.24, 2.45) is 5.92 Å². The Morgan fingerprint density at radius 1 is 1.32 bits per heavy atom. The van der Waals surface area contributed by atoms with Crippen LogP contribution in [0.5, 0.6) is 0 Å². The van der Waals surface area contributed by atoms with Gasteiger partial charge in [-0.2, -0.15) is 0 Å². The second kappa shape index (κ2) is 4.96. The minimum atomic E-state index is -0.271. The summed E-state index contributed by atoms with van der Waals surface area (Å²) in [5, 5.41) is 2.83. The molecule has 3 rings (SSSR count). The first kappa shape index (κ1) is 12.7. The number of amides is 2. The Morgan fingerprint density at radius 3 is 2.68 bits per heavy atom. The Hall–Kier alpha value is -1.36. The second-order valence-electron chi connectivity index (χ2n) is 5.30. The molecule has 1 saturated heterocycles. The SMILES string of the molecule is CCc1ccc(CN2CC(=O)NC(C3CC3)C2=O)s1. The van der Waals surface area contributed by atoms with Crippen molar-refractivity contribution < 1.29 is 9.59 Å². The standard InChI is InChI=1S/C14H18N2O2S/c1-2-10-5-6-11(19-10)7-16-8-12(17)15-13(14(16)18)9-3-4-9/h5-6,9,13H,2-4,7-8H2,1H3,(H,15,17). The lowest BCUT2D eigenvalue weighted by atomic mass is 10.1. The van der Waals surface area contributed by atoms with Gasteiger partial charge in [0.25, 0.3) is 0 Å². The molecule has 0 spiro atoms. The Morgan fingerprint density at radius 2 is 2.05 bits per heavy atom. The first-order valence-electron chi connectivity index (χ1n) is 6.83. The molecule has 2 heterocycles. The molecule has 2 aliphatic rings. The number of hydrogen-bond donors (Lipinski definition) is 1. The minimum Gasteiger partial charge on any atom is -0.342 e. The van der Waals surface area contributed by atoms with Crippen LogP contribution in [0.15, 0.2) is 12.1 Å². The van der Waals surface area contributed by atoms with E-state index in [0.717, 1.165) is 24.1 Å². The fourth-order valence-corrected chi connectivity index (χ4v) is 3.47. The first-order valence-corrected chi connectivity index (χ1v) is 7.64. The largest absolute Gasteiger partial charge is 0.342 e. The van der Waals surface area contributed by atoms with E-state index in [0.29, 0.717) is 12.5 Å². The third kappa shape index (κ3) is 2.66. The topological polar surface area (TPSA) is 49.4 Å². The number of piperazine rings is 1. The van der Waals surface area contributed by atoms with Gasteiger partial charge in [0, 0.05) is 9.75 Å². The molecule has 0 bridgehead atoms. The van der Waals surface area contributed by atoms with Gasteiger partial charge < -0.3 is 10.2 Å². The van der Waals surface area contributed by atoms with Crippen molar-refractivity contribution in [3.63, 3.8) is 0 Å². The molecule has 1 aliphatic heterocycles. The molecule has 1 aromatic heterocycles. The maximum Gasteiger partial charge on any atom is 0.246 e. The van der Waals surface area contributed by atoms with Gasteiger partial charge in [0.1, 0.15) is 6.04 Å². The summed E-state index contributed by atoms with van der Waals surface area (Å²) in [4.78, 5) is 28.2. The molecule has 0 aromatic carbocycles. The number of carbonyl (C=O) groups is 2. The van der Waals surface area contributed by atoms with Crippen LogP contribution in [0.25, 0.3) is 0 Å². The van der Waals surface area contributed by atoms with E-state index < -0.39 is 0 Å². The van der Waals surface area contributed by atoms with Crippen molar-refractivity contribution in [3.05, 3.63) is 21.9 Å². The fourth-order valence-electron chi connectivity index (χ4n) is 2.50. The van der Waals surface area contributed by atoms with Crippen LogP contribution in [-0.4, -0.2) is 29.3 Å². The number of nitrogens with zero attached hydrogens (tertiary/aromatic N) is 1. The molecule has 0 radical (unpaired) electrons. The van der Waals surface area contributed by atoms with Crippen molar-refractivity contribution in [3.8, 4) is 0 Å². The Balaban J connectivity index is 1.71. The summed E-state index contributed by atoms with van der Waals surface area (Å²) in [6, 6.07) is 3.90. The van der Waals surface area contributed by atoms with E-state index in [1.807, 2.05) is 0 Å². The van der Waals surface area contributed by atoms with E-state index in [2.05, 4.69) is 24.4 Å². The van der Waals surface area contributed by atoms with Crippen molar-refractivity contribution in [1.29, 1.82) is 0 Å². The van der Waals surface area contributed by atoms with E-state index >= 15 is 0 Å². The van der Waals surface area contributed by atoms with E-state index in [1.165, 1.54) is 4.88 Å². The molecule has 2 fully saturated rings. The van der Waals surface area contributed by atoms with Gasteiger partial charge >= 0.3 is 0 Å². The van der Waals surface area contributed by atoms with Gasteiger partial charge in [0.05, 0.1) is 13.1 Å². The summed E-state index contributed by atoms with van der Waals surface area (Å²) in [5.41, 5.74) is 0. The molecular weight excluding hydrogens is 260 g/mol. The van der Waals surface area contributed by atoms with Crippen molar-refractivity contribution in [2.45, 2.75) is 38.8 Å². The van der Waals surface area contributed by atoms with Gasteiger partial charge in [0.15, 0.2) is 0 Å². The molecule has 1 N–H and O–H groups in total. The van der Waals surface area contributed by atoms with Gasteiger partial charge in [-0.25, -0.2) is 0 Å². The van der Waals surface area contributed by atoms with Crippen molar-refractivity contribution in [1.82, 2.24) is 10.2 Å². The lowest BCUT2D eigenvalue weighted by molar-refractivity contribution is -0.145. The van der Waals surface area contributed by atoms with E-state index in [4.69, 9.17) is 0 Å². The predicted molar refractivity (Wildman–Crippen MR) is 73.8 cm³/mol. The number of nitrogens with one attached hydrogen (secondary N) is 1. The van der Waals surface area contributed by atoms with Crippen LogP contribution in [0, 0.1) is 5.92 Å². The monoisotopic (exact) mass is 278 g/mol. The smallest absolute Gasteiger partial charge is 0.246 e. The number of thiophene rings is 1. The first-order chi connectivity index (χ1) is 9.17. The lowest BCUT2D eigenvalue weighted by Gasteiger charge is -2.32. The summed E-state index contributed by atoms with van der Waals surface area (Å²) < 4.78 is 0. The normalized spacial score (nSPS) is 23.6. The zero-order valence-electron chi connectivity index (χ0n) is 11.0. The van der Waals surface area contributed by atoms with Crippen LogP contribution in [0.4, 0.5) is 0 Å². The summed E-state index contributed by atoms with van der Waals surface area (Å²) in [6.45, 7) is 2.89. The quantitative estimate of drug-likeness (QED) is 0.908. The van der Waals surface area contributed by atoms with E-state index in [9.17, 15) is 9.59 Å². The molecule has 1 saturated carbocycles. The highest BCUT2D eigenvalue weighted by Crippen LogP contribution is 2.34. The number of rotatable bonds is 4. The molecule has 19 heavy (non-hydrogen) atoms. The molecule has 2 amide bonds. The average Bonchev–Trinajstić information content (AvgIpc) is 3.13. The van der Waals surface area contributed by atoms with Crippen molar-refractivity contribution >= 4 is 23.2 Å². The predicted octanol–water partition coefficient (Wildman–Crippen LogP) is 1.55. The maximum atomic E-state index is 12.3. The van der Waals surface area contributed by atoms with Gasteiger partial charge in [-0.3, -0.25) is 9.59 Å². The Labute approximate surface area is 116 Å². The summed E-state index contributed by atoms with van der Waals surface area (Å²) >= 11 is 1.73. The van der Waals surface area contributed by atoms with Crippen LogP contribution in [0.1, 0.15) is 29.5 Å². The van der Waals surface area contributed by atoms with Gasteiger partial charge in [-0.05, 0) is 37.3 Å². The highest BCUT2D eigenvalue weighted by atomic mass is 32.1. The highest BCUT2D eigenvalue weighted by Gasteiger charge is 2.42. The third-order valence-corrected chi connectivity index (χ3v) is 4.95. The number of aryl methyl sites for hydroxylation is 1. The number of hydrogen-bond acceptors (Lipinski definition) is 3. The molecule has 5 heteroatoms. The summed E-state index contributed by atoms with van der Waals surface area (Å²) in [5.74, 6) is 0.436. The summed E-state index contributed by atoms with van der Waals surface area (Å²) in [6.07, 6.45) is 3.14. The zero-order chi connectivity index (χ0) is 13.4. The minimum absolute atomic E-state index is 0.0243. The molecule has 1 unspecified atom stereocenters. The molecular formula is C14H18N2O2S. The molecule has 102 valence electrons. The lowest BCUT2D eigenvalue weighted by Crippen LogP contribution is -2.58. The third-order valence-electron chi connectivity index (χ3n) is 3.73. The molecule has 1 aromatic rings. The van der Waals surface area contributed by atoms with Crippen molar-refractivity contribution in [2.75, 3.05) is 6.54 Å². The van der Waals surface area contributed by atoms with Crippen LogP contribution in [-0.2, 0) is 22.6 Å². The maximum absolute atomic E-state index is 12.3. The van der Waals surface area contributed by atoms with Gasteiger partial charge in [0.2, 0.25) is 11.8 Å². The molecule has 1 aliphatic carbocycles. The molecule has 1 atom stereocenters. The second-order valence-corrected chi connectivity index (χ2v) is 6.55. The zero-order valence-corrected chi connectivity index (χ0v) is 11.8. The van der Waals surface area contributed by atoms with Gasteiger partial charge in [-0.15, -0.1) is 11.3 Å². The Bertz CT molecular complexity index is 507. The fraction of sp³-hybridized carbons (Fsp3) is 0.571. The summed E-state index contributed by atoms with van der Waals surface area (Å²) in [7, 11) is 0. The average molecular weight is 278 g/mol. The molecule has 4 nitrogen and oxygen atoms in total.